The summed E-state index contributed by atoms with van der Waals surface area (Å²) in [6, 6.07) is 5.87. The third-order valence-corrected chi connectivity index (χ3v) is 2.53. The molecular formula is C14H19NO2. The highest BCUT2D eigenvalue weighted by Crippen LogP contribution is 2.25. The second kappa shape index (κ2) is 6.18. The molecule has 1 aromatic heterocycles. The van der Waals surface area contributed by atoms with Gasteiger partial charge in [0.1, 0.15) is 0 Å². The molecule has 0 aliphatic heterocycles. The smallest absolute Gasteiger partial charge is 0.330 e. The Labute approximate surface area is 103 Å². The first-order valence-electron chi connectivity index (χ1n) is 5.81. The Morgan fingerprint density at radius 3 is 2.82 bits per heavy atom. The second-order valence-corrected chi connectivity index (χ2v) is 4.46. The summed E-state index contributed by atoms with van der Waals surface area (Å²) < 4.78 is 4.82. The van der Waals surface area contributed by atoms with E-state index in [1.165, 1.54) is 6.08 Å². The molecule has 0 unspecified atom stereocenters. The highest BCUT2D eigenvalue weighted by atomic mass is 16.5. The van der Waals surface area contributed by atoms with E-state index in [9.17, 15) is 4.79 Å². The van der Waals surface area contributed by atoms with Crippen LogP contribution in [0.4, 0.5) is 0 Å². The molecular weight excluding hydrogens is 214 g/mol. The van der Waals surface area contributed by atoms with Crippen LogP contribution in [0.2, 0.25) is 0 Å². The number of allylic oxidation sites excluding steroid dienone is 1. The number of hydrogen-bond acceptors (Lipinski definition) is 3. The van der Waals surface area contributed by atoms with Gasteiger partial charge in [0.15, 0.2) is 0 Å². The molecule has 3 nitrogen and oxygen atoms in total. The summed E-state index contributed by atoms with van der Waals surface area (Å²) in [6.45, 7) is 6.41. The van der Waals surface area contributed by atoms with Gasteiger partial charge in [-0.15, -0.1) is 0 Å². The van der Waals surface area contributed by atoms with Crippen LogP contribution in [0.5, 0.6) is 0 Å². The van der Waals surface area contributed by atoms with E-state index in [-0.39, 0.29) is 11.4 Å². The standard InChI is InChI=1S/C14H19NO2/c1-4-17-13(16)9-7-10-14(2,3)12-8-5-6-11-15-12/h5-9,11H,4,10H2,1-3H3/b9-7+. The minimum Gasteiger partial charge on any atom is -0.463 e. The number of aromatic nitrogens is 1. The van der Waals surface area contributed by atoms with Gasteiger partial charge in [0.2, 0.25) is 0 Å². The fourth-order valence-corrected chi connectivity index (χ4v) is 1.51. The lowest BCUT2D eigenvalue weighted by Gasteiger charge is -2.21. The van der Waals surface area contributed by atoms with Crippen LogP contribution < -0.4 is 0 Å². The monoisotopic (exact) mass is 233 g/mol. The molecule has 0 spiro atoms. The molecule has 0 atom stereocenters. The average Bonchev–Trinajstić information content (AvgIpc) is 2.30. The Hall–Kier alpha value is -1.64. The van der Waals surface area contributed by atoms with Gasteiger partial charge in [0.25, 0.3) is 0 Å². The first-order valence-corrected chi connectivity index (χ1v) is 5.81. The molecule has 0 N–H and O–H groups in total. The van der Waals surface area contributed by atoms with Crippen molar-refractivity contribution in [1.29, 1.82) is 0 Å². The van der Waals surface area contributed by atoms with Crippen molar-refractivity contribution >= 4 is 5.97 Å². The van der Waals surface area contributed by atoms with E-state index in [2.05, 4.69) is 18.8 Å². The van der Waals surface area contributed by atoms with Crippen LogP contribution in [0.15, 0.2) is 36.5 Å². The minimum atomic E-state index is -0.288. The van der Waals surface area contributed by atoms with Gasteiger partial charge in [-0.25, -0.2) is 4.79 Å². The molecule has 0 aliphatic rings. The third kappa shape index (κ3) is 4.39. The van der Waals surface area contributed by atoms with Crippen molar-refractivity contribution in [1.82, 2.24) is 4.98 Å². The molecule has 1 aromatic rings. The first kappa shape index (κ1) is 13.4. The number of rotatable bonds is 5. The number of nitrogens with zero attached hydrogens (tertiary/aromatic N) is 1. The zero-order valence-corrected chi connectivity index (χ0v) is 10.6. The van der Waals surface area contributed by atoms with Crippen LogP contribution >= 0.6 is 0 Å². The molecule has 0 aromatic carbocycles. The summed E-state index contributed by atoms with van der Waals surface area (Å²) in [5.41, 5.74) is 0.943. The zero-order valence-electron chi connectivity index (χ0n) is 10.6. The number of pyridine rings is 1. The normalized spacial score (nSPS) is 11.7. The highest BCUT2D eigenvalue weighted by molar-refractivity contribution is 5.81. The number of carbonyl (C=O) groups is 1. The Morgan fingerprint density at radius 2 is 2.24 bits per heavy atom. The number of carbonyl (C=O) groups excluding carboxylic acids is 1. The molecule has 3 heteroatoms. The summed E-state index contributed by atoms with van der Waals surface area (Å²) in [5, 5.41) is 0. The predicted octanol–water partition coefficient (Wildman–Crippen LogP) is 2.87. The van der Waals surface area contributed by atoms with Gasteiger partial charge >= 0.3 is 5.97 Å². The predicted molar refractivity (Wildman–Crippen MR) is 67.7 cm³/mol. The van der Waals surface area contributed by atoms with Crippen molar-refractivity contribution in [3.8, 4) is 0 Å². The lowest BCUT2D eigenvalue weighted by atomic mass is 9.85. The van der Waals surface area contributed by atoms with E-state index in [1.54, 1.807) is 13.1 Å². The van der Waals surface area contributed by atoms with Gasteiger partial charge < -0.3 is 4.74 Å². The van der Waals surface area contributed by atoms with Crippen molar-refractivity contribution in [2.24, 2.45) is 0 Å². The van der Waals surface area contributed by atoms with Gasteiger partial charge in [0, 0.05) is 23.4 Å². The summed E-state index contributed by atoms with van der Waals surface area (Å²) in [6.07, 6.45) is 5.86. The van der Waals surface area contributed by atoms with E-state index in [4.69, 9.17) is 4.74 Å². The third-order valence-electron chi connectivity index (χ3n) is 2.53. The second-order valence-electron chi connectivity index (χ2n) is 4.46. The van der Waals surface area contributed by atoms with Gasteiger partial charge in [-0.3, -0.25) is 4.98 Å². The summed E-state index contributed by atoms with van der Waals surface area (Å²) in [7, 11) is 0. The summed E-state index contributed by atoms with van der Waals surface area (Å²) in [5.74, 6) is -0.288. The van der Waals surface area contributed by atoms with Gasteiger partial charge in [0.05, 0.1) is 6.61 Å². The number of hydrogen-bond donors (Lipinski definition) is 0. The Kier molecular flexibility index (Phi) is 4.88. The van der Waals surface area contributed by atoms with Crippen LogP contribution in [-0.2, 0) is 14.9 Å². The Morgan fingerprint density at radius 1 is 1.47 bits per heavy atom. The molecule has 0 bridgehead atoms. The van der Waals surface area contributed by atoms with Gasteiger partial charge in [-0.1, -0.05) is 26.0 Å². The van der Waals surface area contributed by atoms with Crippen molar-refractivity contribution in [2.75, 3.05) is 6.61 Å². The fourth-order valence-electron chi connectivity index (χ4n) is 1.51. The molecule has 0 amide bonds. The van der Waals surface area contributed by atoms with Gasteiger partial charge in [-0.05, 0) is 25.5 Å². The Balaban J connectivity index is 2.59. The maximum atomic E-state index is 11.1. The maximum absolute atomic E-state index is 11.1. The fraction of sp³-hybridized carbons (Fsp3) is 0.429. The molecule has 1 rings (SSSR count). The molecule has 0 fully saturated rings. The molecule has 17 heavy (non-hydrogen) atoms. The molecule has 1 heterocycles. The summed E-state index contributed by atoms with van der Waals surface area (Å²) in [4.78, 5) is 15.5. The molecule has 0 radical (unpaired) electrons. The van der Waals surface area contributed by atoms with Crippen molar-refractivity contribution in [3.63, 3.8) is 0 Å². The minimum absolute atomic E-state index is 0.0791. The van der Waals surface area contributed by atoms with E-state index in [1.807, 2.05) is 24.3 Å². The van der Waals surface area contributed by atoms with E-state index >= 15 is 0 Å². The molecule has 0 saturated carbocycles. The van der Waals surface area contributed by atoms with Crippen molar-refractivity contribution < 1.29 is 9.53 Å². The molecule has 92 valence electrons. The molecule has 0 aliphatic carbocycles. The summed E-state index contributed by atoms with van der Waals surface area (Å²) >= 11 is 0. The van der Waals surface area contributed by atoms with E-state index < -0.39 is 0 Å². The van der Waals surface area contributed by atoms with Crippen LogP contribution in [-0.4, -0.2) is 17.6 Å². The van der Waals surface area contributed by atoms with Crippen molar-refractivity contribution in [3.05, 3.63) is 42.2 Å². The van der Waals surface area contributed by atoms with Crippen LogP contribution in [0.3, 0.4) is 0 Å². The largest absolute Gasteiger partial charge is 0.463 e. The lowest BCUT2D eigenvalue weighted by molar-refractivity contribution is -0.137. The van der Waals surface area contributed by atoms with Crippen LogP contribution in [0, 0.1) is 0 Å². The van der Waals surface area contributed by atoms with E-state index in [0.29, 0.717) is 6.61 Å². The maximum Gasteiger partial charge on any atom is 0.330 e. The average molecular weight is 233 g/mol. The lowest BCUT2D eigenvalue weighted by Crippen LogP contribution is -2.17. The first-order chi connectivity index (χ1) is 8.06. The zero-order chi connectivity index (χ0) is 12.7. The molecule has 0 saturated heterocycles. The van der Waals surface area contributed by atoms with Gasteiger partial charge in [-0.2, -0.15) is 0 Å². The van der Waals surface area contributed by atoms with Crippen LogP contribution in [0.25, 0.3) is 0 Å². The Bertz CT molecular complexity index is 382. The SMILES string of the molecule is CCOC(=O)/C=C/CC(C)(C)c1ccccn1. The van der Waals surface area contributed by atoms with E-state index in [0.717, 1.165) is 12.1 Å². The van der Waals surface area contributed by atoms with Crippen LogP contribution in [0.1, 0.15) is 32.9 Å². The highest BCUT2D eigenvalue weighted by Gasteiger charge is 2.19. The quantitative estimate of drug-likeness (QED) is 0.580. The van der Waals surface area contributed by atoms with Crippen molar-refractivity contribution in [2.45, 2.75) is 32.6 Å². The number of esters is 1. The number of ether oxygens (including phenoxy) is 1. The topological polar surface area (TPSA) is 39.2 Å².